The number of aryl methyl sites for hydroxylation is 1. The Bertz CT molecular complexity index is 1230. The van der Waals surface area contributed by atoms with E-state index in [0.717, 1.165) is 90.3 Å². The summed E-state index contributed by atoms with van der Waals surface area (Å²) in [6, 6.07) is 10.8. The van der Waals surface area contributed by atoms with Crippen molar-refractivity contribution in [1.82, 2.24) is 4.90 Å². The Morgan fingerprint density at radius 2 is 0.726 bits per heavy atom. The summed E-state index contributed by atoms with van der Waals surface area (Å²) in [6.07, 6.45) is 44.7. The van der Waals surface area contributed by atoms with Crippen molar-refractivity contribution in [2.45, 2.75) is 297 Å². The number of hydrogen-bond donors (Lipinski definition) is 0. The molecule has 1 heterocycles. The Morgan fingerprint density at radius 3 is 1.07 bits per heavy atom. The van der Waals surface area contributed by atoms with Crippen LogP contribution >= 0.6 is 0 Å². The molecule has 1 saturated heterocycles. The Kier molecular flexibility index (Phi) is 45.5. The molecule has 0 aliphatic carbocycles. The first-order valence-electron chi connectivity index (χ1n) is 31.5. The topological polar surface area (TPSA) is 92.8 Å². The molecule has 2 rings (SSSR count). The van der Waals surface area contributed by atoms with Gasteiger partial charge in [0, 0.05) is 0 Å². The lowest BCUT2D eigenvalue weighted by atomic mass is 9.73. The van der Waals surface area contributed by atoms with Crippen molar-refractivity contribution in [2.75, 3.05) is 59.3 Å². The first kappa shape index (κ1) is 67.1. The van der Waals surface area contributed by atoms with Gasteiger partial charge >= 0.3 is 11.9 Å². The molecule has 1 aromatic carbocycles. The van der Waals surface area contributed by atoms with Crippen LogP contribution in [-0.2, 0) is 44.4 Å². The largest absolute Gasteiger partial charge is 0.462 e. The van der Waals surface area contributed by atoms with E-state index in [4.69, 9.17) is 28.4 Å². The van der Waals surface area contributed by atoms with Gasteiger partial charge in [0.1, 0.15) is 0 Å². The van der Waals surface area contributed by atoms with Gasteiger partial charge in [-0.1, -0.05) is 244 Å². The lowest BCUT2D eigenvalue weighted by Crippen LogP contribution is -2.42. The molecule has 0 bridgehead atoms. The fourth-order valence-corrected chi connectivity index (χ4v) is 10.3. The van der Waals surface area contributed by atoms with Crippen molar-refractivity contribution in [3.63, 3.8) is 0 Å². The van der Waals surface area contributed by atoms with E-state index >= 15 is 0 Å². The minimum absolute atomic E-state index is 0.124. The van der Waals surface area contributed by atoms with Gasteiger partial charge in [-0.2, -0.15) is 0 Å². The van der Waals surface area contributed by atoms with Crippen molar-refractivity contribution < 1.29 is 38.0 Å². The van der Waals surface area contributed by atoms with Gasteiger partial charge < -0.3 is 33.3 Å². The quantitative estimate of drug-likeness (QED) is 0.0359. The van der Waals surface area contributed by atoms with Gasteiger partial charge in [0.05, 0.1) is 39.6 Å². The number of hydrogen-bond acceptors (Lipinski definition) is 9. The molecule has 0 unspecified atom stereocenters. The highest BCUT2D eigenvalue weighted by Gasteiger charge is 2.36. The summed E-state index contributed by atoms with van der Waals surface area (Å²) in [5, 5.41) is 0. The summed E-state index contributed by atoms with van der Waals surface area (Å²) in [5.41, 5.74) is 1.29. The molecule has 426 valence electrons. The molecule has 0 atom stereocenters. The van der Waals surface area contributed by atoms with Gasteiger partial charge in [0.2, 0.25) is 0 Å². The smallest absolute Gasteiger partial charge is 0.363 e. The molecule has 9 heteroatoms. The van der Waals surface area contributed by atoms with E-state index in [-0.39, 0.29) is 18.6 Å². The molecule has 1 aromatic rings. The first-order chi connectivity index (χ1) is 36.0. The number of likely N-dealkylation sites (tertiary alicyclic amines) is 1. The van der Waals surface area contributed by atoms with E-state index in [9.17, 15) is 9.59 Å². The van der Waals surface area contributed by atoms with E-state index in [1.165, 1.54) is 179 Å². The maximum absolute atomic E-state index is 13.7. The first-order valence-corrected chi connectivity index (χ1v) is 31.5. The van der Waals surface area contributed by atoms with Crippen molar-refractivity contribution >= 4 is 11.9 Å². The summed E-state index contributed by atoms with van der Waals surface area (Å²) in [4.78, 5) is 30.1. The zero-order valence-electron chi connectivity index (χ0n) is 48.4. The number of piperidine rings is 1. The molecule has 0 aromatic heterocycles. The van der Waals surface area contributed by atoms with Crippen LogP contribution in [-0.4, -0.2) is 88.7 Å². The highest BCUT2D eigenvalue weighted by molar-refractivity contribution is 5.73. The molecule has 1 aliphatic heterocycles. The predicted molar refractivity (Wildman–Crippen MR) is 305 cm³/mol. The third-order valence-electron chi connectivity index (χ3n) is 15.4. The number of nitrogens with zero attached hydrogens (tertiary/aromatic N) is 1. The molecular formula is C64H117NO8. The van der Waals surface area contributed by atoms with Crippen LogP contribution in [0.2, 0.25) is 0 Å². The molecule has 9 nitrogen and oxygen atoms in total. The van der Waals surface area contributed by atoms with Gasteiger partial charge in [-0.05, 0) is 101 Å². The Morgan fingerprint density at radius 1 is 0.411 bits per heavy atom. The van der Waals surface area contributed by atoms with Gasteiger partial charge in [-0.3, -0.25) is 0 Å². The summed E-state index contributed by atoms with van der Waals surface area (Å²) in [5.74, 6) is -0.836. The maximum Gasteiger partial charge on any atom is 0.363 e. The van der Waals surface area contributed by atoms with Crippen LogP contribution in [0.15, 0.2) is 30.3 Å². The number of rotatable bonds is 54. The normalized spacial score (nSPS) is 13.9. The maximum atomic E-state index is 13.7. The standard InChI is InChI=1S/C64H117NO8/c1-5-9-13-17-21-25-29-39-53-70-62(71-54-40-30-26-22-18-14-10-6-2)60(66)68-57-48-64(46-51-65(52-47-64)50-38-34-37-45-59-43-35-33-36-44-59)49-58-69-61(67)63(72-55-41-31-27-23-19-15-11-7-3)73-56-42-32-28-24-20-16-12-8-4/h33,35-36,43-44,62-63H,5-32,34,37-42,45-58H2,1-4H3. The second-order valence-corrected chi connectivity index (χ2v) is 22.0. The van der Waals surface area contributed by atoms with Crippen LogP contribution in [0.4, 0.5) is 0 Å². The minimum Gasteiger partial charge on any atom is -0.462 e. The van der Waals surface area contributed by atoms with Gasteiger partial charge in [0.25, 0.3) is 12.6 Å². The third-order valence-corrected chi connectivity index (χ3v) is 15.4. The lowest BCUT2D eigenvalue weighted by molar-refractivity contribution is -0.197. The third kappa shape index (κ3) is 38.2. The Hall–Kier alpha value is -2.04. The summed E-state index contributed by atoms with van der Waals surface area (Å²) in [6.45, 7) is 14.7. The van der Waals surface area contributed by atoms with Crippen molar-refractivity contribution in [3.8, 4) is 0 Å². The summed E-state index contributed by atoms with van der Waals surface area (Å²) >= 11 is 0. The number of unbranched alkanes of at least 4 members (excludes halogenated alkanes) is 30. The monoisotopic (exact) mass is 1030 g/mol. The molecule has 0 saturated carbocycles. The van der Waals surface area contributed by atoms with E-state index < -0.39 is 24.5 Å². The van der Waals surface area contributed by atoms with E-state index in [0.29, 0.717) is 39.3 Å². The fraction of sp³-hybridized carbons (Fsp3) is 0.875. The molecule has 0 N–H and O–H groups in total. The van der Waals surface area contributed by atoms with Crippen LogP contribution in [0.25, 0.3) is 0 Å². The zero-order chi connectivity index (χ0) is 52.4. The number of carbonyl (C=O) groups excluding carboxylic acids is 2. The average Bonchev–Trinajstić information content (AvgIpc) is 3.40. The molecule has 0 spiro atoms. The van der Waals surface area contributed by atoms with Crippen LogP contribution < -0.4 is 0 Å². The molecule has 0 radical (unpaired) electrons. The van der Waals surface area contributed by atoms with Gasteiger partial charge in [0.15, 0.2) is 0 Å². The average molecular weight is 1030 g/mol. The van der Waals surface area contributed by atoms with Crippen LogP contribution in [0.3, 0.4) is 0 Å². The Labute approximate surface area is 450 Å². The van der Waals surface area contributed by atoms with E-state index in [1.54, 1.807) is 0 Å². The molecule has 73 heavy (non-hydrogen) atoms. The number of carbonyl (C=O) groups is 2. The lowest BCUT2D eigenvalue weighted by Gasteiger charge is -2.42. The van der Waals surface area contributed by atoms with Crippen molar-refractivity contribution in [3.05, 3.63) is 35.9 Å². The van der Waals surface area contributed by atoms with E-state index in [2.05, 4.69) is 62.9 Å². The summed E-state index contributed by atoms with van der Waals surface area (Å²) < 4.78 is 36.7. The predicted octanol–water partition coefficient (Wildman–Crippen LogP) is 17.6. The highest BCUT2D eigenvalue weighted by Crippen LogP contribution is 2.39. The second kappa shape index (κ2) is 49.5. The van der Waals surface area contributed by atoms with Crippen LogP contribution in [0.5, 0.6) is 0 Å². The molecule has 1 fully saturated rings. The van der Waals surface area contributed by atoms with Crippen LogP contribution in [0.1, 0.15) is 284 Å². The minimum atomic E-state index is -0.997. The molecule has 0 amide bonds. The Balaban J connectivity index is 2.02. The highest BCUT2D eigenvalue weighted by atomic mass is 16.7. The van der Waals surface area contributed by atoms with Gasteiger partial charge in [-0.25, -0.2) is 9.59 Å². The van der Waals surface area contributed by atoms with Crippen molar-refractivity contribution in [1.29, 1.82) is 0 Å². The van der Waals surface area contributed by atoms with E-state index in [1.807, 2.05) is 0 Å². The van der Waals surface area contributed by atoms with Crippen LogP contribution in [0, 0.1) is 5.41 Å². The SMILES string of the molecule is CCCCCCCCCCOC(OCCCCCCCCCC)C(=O)OCCC1(CCOC(=O)C(OCCCCCCCCCC)OCCCCCCCCCC)CCN(CCCCCc2ccccc2)CC1. The number of benzene rings is 1. The van der Waals surface area contributed by atoms with Gasteiger partial charge in [-0.15, -0.1) is 0 Å². The fourth-order valence-electron chi connectivity index (χ4n) is 10.3. The number of ether oxygens (including phenoxy) is 6. The second-order valence-electron chi connectivity index (χ2n) is 22.0. The molecule has 1 aliphatic rings. The number of esters is 2. The summed E-state index contributed by atoms with van der Waals surface area (Å²) in [7, 11) is 0. The zero-order valence-corrected chi connectivity index (χ0v) is 48.4. The van der Waals surface area contributed by atoms with Crippen molar-refractivity contribution in [2.24, 2.45) is 5.41 Å². The molecular weight excluding hydrogens is 911 g/mol.